The molecular weight excluding hydrogens is 470 g/mol. The summed E-state index contributed by atoms with van der Waals surface area (Å²) in [4.78, 5) is 41.9. The van der Waals surface area contributed by atoms with Gasteiger partial charge in [0.15, 0.2) is 0 Å². The van der Waals surface area contributed by atoms with Gasteiger partial charge >= 0.3 is 12.6 Å². The average Bonchev–Trinajstić information content (AvgIpc) is 3.57. The van der Waals surface area contributed by atoms with Crippen molar-refractivity contribution >= 4 is 23.5 Å². The summed E-state index contributed by atoms with van der Waals surface area (Å²) in [6, 6.07) is 13.1. The standard InChI is InChI=1S/C27H28F2N2O5/c28-27(29)36-18-12-8-16(9-13-18)26(35)31-21-6-2-1-4-19(21)25(20-5-3-7-22(20)31)30(17-10-11-17)23(32)14-15-24(33)34/h1-2,4,6,8-9,12-13,17,20,22,25,27H,3,5,7,10-11,14-15H2,(H,33,34). The lowest BCUT2D eigenvalue weighted by Crippen LogP contribution is -2.52. The van der Waals surface area contributed by atoms with Gasteiger partial charge in [0.1, 0.15) is 5.75 Å². The Hall–Kier alpha value is -3.49. The largest absolute Gasteiger partial charge is 0.481 e. The van der Waals surface area contributed by atoms with Crippen LogP contribution in [0.1, 0.15) is 66.9 Å². The van der Waals surface area contributed by atoms with E-state index in [1.807, 2.05) is 29.2 Å². The number of carboxylic acids is 1. The third-order valence-electron chi connectivity index (χ3n) is 7.41. The number of fused-ring (bicyclic) bond motifs is 2. The maximum atomic E-state index is 13.8. The lowest BCUT2D eigenvalue weighted by molar-refractivity contribution is -0.142. The summed E-state index contributed by atoms with van der Waals surface area (Å²) in [5.41, 5.74) is 1.99. The fourth-order valence-electron chi connectivity index (χ4n) is 5.84. The van der Waals surface area contributed by atoms with Crippen LogP contribution in [0.3, 0.4) is 0 Å². The van der Waals surface area contributed by atoms with Crippen molar-refractivity contribution in [1.82, 2.24) is 4.90 Å². The highest BCUT2D eigenvalue weighted by molar-refractivity contribution is 6.07. The molecule has 3 aliphatic rings. The molecule has 7 nitrogen and oxygen atoms in total. The van der Waals surface area contributed by atoms with Crippen LogP contribution in [0, 0.1) is 5.92 Å². The Kier molecular flexibility index (Phi) is 6.64. The van der Waals surface area contributed by atoms with Gasteiger partial charge in [0.05, 0.1) is 12.5 Å². The molecule has 2 fully saturated rings. The molecule has 0 bridgehead atoms. The number of hydrogen-bond acceptors (Lipinski definition) is 4. The Morgan fingerprint density at radius 1 is 1.00 bits per heavy atom. The van der Waals surface area contributed by atoms with Crippen molar-refractivity contribution in [2.75, 3.05) is 4.90 Å². The Morgan fingerprint density at radius 2 is 1.72 bits per heavy atom. The second-order valence-electron chi connectivity index (χ2n) is 9.67. The zero-order chi connectivity index (χ0) is 25.4. The molecule has 1 aliphatic heterocycles. The number of aliphatic carboxylic acids is 1. The number of halogens is 2. The number of carbonyl (C=O) groups is 3. The van der Waals surface area contributed by atoms with Gasteiger partial charge in [-0.3, -0.25) is 14.4 Å². The minimum Gasteiger partial charge on any atom is -0.481 e. The maximum Gasteiger partial charge on any atom is 0.387 e. The van der Waals surface area contributed by atoms with E-state index in [2.05, 4.69) is 4.74 Å². The van der Waals surface area contributed by atoms with E-state index in [1.54, 1.807) is 4.90 Å². The fourth-order valence-corrected chi connectivity index (χ4v) is 5.84. The predicted molar refractivity (Wildman–Crippen MR) is 127 cm³/mol. The quantitative estimate of drug-likeness (QED) is 0.553. The smallest absolute Gasteiger partial charge is 0.387 e. The van der Waals surface area contributed by atoms with Gasteiger partial charge < -0.3 is 19.6 Å². The Bertz CT molecular complexity index is 1150. The molecule has 1 N–H and O–H groups in total. The van der Waals surface area contributed by atoms with E-state index in [4.69, 9.17) is 5.11 Å². The number of rotatable bonds is 8. The molecular formula is C27H28F2N2O5. The van der Waals surface area contributed by atoms with Crippen LogP contribution in [0.4, 0.5) is 14.5 Å². The summed E-state index contributed by atoms with van der Waals surface area (Å²) in [5.74, 6) is -1.36. The van der Waals surface area contributed by atoms with Crippen molar-refractivity contribution in [3.63, 3.8) is 0 Å². The second-order valence-corrected chi connectivity index (χ2v) is 9.67. The third-order valence-corrected chi connectivity index (χ3v) is 7.41. The van der Waals surface area contributed by atoms with Crippen molar-refractivity contribution in [1.29, 1.82) is 0 Å². The monoisotopic (exact) mass is 498 g/mol. The van der Waals surface area contributed by atoms with E-state index < -0.39 is 12.6 Å². The molecule has 9 heteroatoms. The van der Waals surface area contributed by atoms with E-state index in [-0.39, 0.29) is 54.4 Å². The average molecular weight is 499 g/mol. The van der Waals surface area contributed by atoms with Gasteiger partial charge in [0, 0.05) is 35.7 Å². The number of amides is 2. The van der Waals surface area contributed by atoms with Crippen molar-refractivity contribution in [2.45, 2.75) is 69.7 Å². The Balaban J connectivity index is 1.50. The van der Waals surface area contributed by atoms with Gasteiger partial charge in [0.2, 0.25) is 5.91 Å². The molecule has 36 heavy (non-hydrogen) atoms. The van der Waals surface area contributed by atoms with Gasteiger partial charge in [-0.05, 0) is 61.6 Å². The number of alkyl halides is 2. The van der Waals surface area contributed by atoms with Gasteiger partial charge in [-0.1, -0.05) is 24.6 Å². The number of hydrogen-bond donors (Lipinski definition) is 1. The first-order chi connectivity index (χ1) is 17.3. The summed E-state index contributed by atoms with van der Waals surface area (Å²) in [6.07, 6.45) is 4.08. The summed E-state index contributed by atoms with van der Waals surface area (Å²) in [7, 11) is 0. The van der Waals surface area contributed by atoms with Crippen molar-refractivity contribution in [3.8, 4) is 5.75 Å². The molecule has 0 saturated heterocycles. The molecule has 0 spiro atoms. The maximum absolute atomic E-state index is 13.8. The van der Waals surface area contributed by atoms with E-state index in [0.717, 1.165) is 43.4 Å². The second kappa shape index (κ2) is 9.87. The topological polar surface area (TPSA) is 87.2 Å². The minimum absolute atomic E-state index is 0.0145. The highest BCUT2D eigenvalue weighted by Crippen LogP contribution is 2.52. The number of anilines is 1. The van der Waals surface area contributed by atoms with Crippen LogP contribution in [-0.2, 0) is 9.59 Å². The number of benzene rings is 2. The highest BCUT2D eigenvalue weighted by Gasteiger charge is 2.51. The van der Waals surface area contributed by atoms with Gasteiger partial charge in [-0.2, -0.15) is 8.78 Å². The molecule has 1 heterocycles. The summed E-state index contributed by atoms with van der Waals surface area (Å²) in [5, 5.41) is 9.12. The Morgan fingerprint density at radius 3 is 2.39 bits per heavy atom. The number of carbonyl (C=O) groups excluding carboxylic acids is 2. The van der Waals surface area contributed by atoms with Crippen LogP contribution in [0.2, 0.25) is 0 Å². The van der Waals surface area contributed by atoms with E-state index in [1.165, 1.54) is 24.3 Å². The number of para-hydroxylation sites is 1. The van der Waals surface area contributed by atoms with Crippen molar-refractivity contribution in [2.24, 2.45) is 5.92 Å². The molecule has 3 unspecified atom stereocenters. The van der Waals surface area contributed by atoms with Crippen molar-refractivity contribution in [3.05, 3.63) is 59.7 Å². The molecule has 2 aromatic carbocycles. The third kappa shape index (κ3) is 4.66. The highest BCUT2D eigenvalue weighted by atomic mass is 19.3. The first-order valence-corrected chi connectivity index (χ1v) is 12.4. The fraction of sp³-hybridized carbons (Fsp3) is 0.444. The first kappa shape index (κ1) is 24.2. The lowest BCUT2D eigenvalue weighted by atomic mass is 9.81. The summed E-state index contributed by atoms with van der Waals surface area (Å²) in [6.45, 7) is -2.94. The summed E-state index contributed by atoms with van der Waals surface area (Å²) >= 11 is 0. The molecule has 2 aliphatic carbocycles. The van der Waals surface area contributed by atoms with Gasteiger partial charge in [0.25, 0.3) is 5.91 Å². The molecule has 2 saturated carbocycles. The van der Waals surface area contributed by atoms with E-state index in [9.17, 15) is 23.2 Å². The number of carboxylic acid groups (broad SMARTS) is 1. The minimum atomic E-state index is -2.94. The molecule has 5 rings (SSSR count). The van der Waals surface area contributed by atoms with Gasteiger partial charge in [-0.15, -0.1) is 0 Å². The zero-order valence-electron chi connectivity index (χ0n) is 19.7. The number of ether oxygens (including phenoxy) is 1. The SMILES string of the molecule is O=C(O)CCC(=O)N(C1CC1)C1c2ccccc2N(C(=O)c2ccc(OC(F)F)cc2)C2CCCC21. The molecule has 2 amide bonds. The molecule has 3 atom stereocenters. The van der Waals surface area contributed by atoms with Crippen LogP contribution in [0.15, 0.2) is 48.5 Å². The normalized spacial score (nSPS) is 22.6. The van der Waals surface area contributed by atoms with Crippen LogP contribution in [0.5, 0.6) is 5.75 Å². The van der Waals surface area contributed by atoms with Crippen LogP contribution in [-0.4, -0.2) is 46.5 Å². The first-order valence-electron chi connectivity index (χ1n) is 12.4. The molecule has 2 aromatic rings. The van der Waals surface area contributed by atoms with Crippen LogP contribution < -0.4 is 9.64 Å². The lowest BCUT2D eigenvalue weighted by Gasteiger charge is -2.48. The molecule has 190 valence electrons. The molecule has 0 aromatic heterocycles. The van der Waals surface area contributed by atoms with Crippen LogP contribution >= 0.6 is 0 Å². The van der Waals surface area contributed by atoms with Crippen molar-refractivity contribution < 1.29 is 33.0 Å². The van der Waals surface area contributed by atoms with E-state index in [0.29, 0.717) is 5.56 Å². The Labute approximate surface area is 207 Å². The zero-order valence-corrected chi connectivity index (χ0v) is 19.7. The van der Waals surface area contributed by atoms with E-state index >= 15 is 0 Å². The predicted octanol–water partition coefficient (Wildman–Crippen LogP) is 5.01. The summed E-state index contributed by atoms with van der Waals surface area (Å²) < 4.78 is 29.5. The number of nitrogens with zero attached hydrogens (tertiary/aromatic N) is 2. The van der Waals surface area contributed by atoms with Gasteiger partial charge in [-0.25, -0.2) is 0 Å². The van der Waals surface area contributed by atoms with Crippen LogP contribution in [0.25, 0.3) is 0 Å². The molecule has 0 radical (unpaired) electrons.